The highest BCUT2D eigenvalue weighted by Crippen LogP contribution is 2.29. The monoisotopic (exact) mass is 271 g/mol. The highest BCUT2D eigenvalue weighted by atomic mass is 16.5. The zero-order valence-electron chi connectivity index (χ0n) is 12.5. The Balaban J connectivity index is 2.32. The summed E-state index contributed by atoms with van der Waals surface area (Å²) < 4.78 is 5.95. The molecule has 0 aromatic heterocycles. The number of carbonyl (C=O) groups is 1. The van der Waals surface area contributed by atoms with E-state index in [4.69, 9.17) is 9.84 Å². The second kappa shape index (κ2) is 8.54. The largest absolute Gasteiger partial charge is 0.480 e. The quantitative estimate of drug-likeness (QED) is 0.712. The lowest BCUT2D eigenvalue weighted by atomic mass is 9.85. The zero-order valence-corrected chi connectivity index (χ0v) is 12.5. The van der Waals surface area contributed by atoms with Gasteiger partial charge in [-0.3, -0.25) is 4.79 Å². The van der Waals surface area contributed by atoms with Crippen LogP contribution in [0.4, 0.5) is 0 Å². The summed E-state index contributed by atoms with van der Waals surface area (Å²) in [5.74, 6) is -0.122. The Hall–Kier alpha value is -0.610. The van der Waals surface area contributed by atoms with Crippen LogP contribution < -0.4 is 5.32 Å². The summed E-state index contributed by atoms with van der Waals surface area (Å²) in [6.07, 6.45) is 6.99. The number of carboxylic acid groups (broad SMARTS) is 1. The van der Waals surface area contributed by atoms with Crippen LogP contribution in [-0.2, 0) is 9.53 Å². The maximum absolute atomic E-state index is 11.1. The van der Waals surface area contributed by atoms with Crippen LogP contribution in [0.3, 0.4) is 0 Å². The first kappa shape index (κ1) is 16.4. The molecule has 0 aromatic carbocycles. The first-order valence-corrected chi connectivity index (χ1v) is 7.65. The normalized spacial score (nSPS) is 25.5. The minimum Gasteiger partial charge on any atom is -0.480 e. The number of carboxylic acids is 1. The molecule has 1 rings (SSSR count). The van der Waals surface area contributed by atoms with E-state index in [2.05, 4.69) is 12.2 Å². The molecule has 19 heavy (non-hydrogen) atoms. The Kier molecular flexibility index (Phi) is 7.39. The summed E-state index contributed by atoms with van der Waals surface area (Å²) >= 11 is 0. The van der Waals surface area contributed by atoms with Crippen molar-refractivity contribution in [2.24, 2.45) is 5.92 Å². The number of rotatable bonds is 8. The van der Waals surface area contributed by atoms with Crippen LogP contribution in [0, 0.1) is 5.92 Å². The molecule has 0 bridgehead atoms. The number of nitrogens with one attached hydrogen (secondary N) is 1. The van der Waals surface area contributed by atoms with Crippen LogP contribution in [0.2, 0.25) is 0 Å². The number of aliphatic carboxylic acids is 1. The molecule has 0 heterocycles. The van der Waals surface area contributed by atoms with Crippen molar-refractivity contribution in [1.29, 1.82) is 0 Å². The van der Waals surface area contributed by atoms with Gasteiger partial charge in [0.25, 0.3) is 0 Å². The van der Waals surface area contributed by atoms with Crippen LogP contribution in [0.15, 0.2) is 0 Å². The standard InChI is InChI=1S/C15H29NO3/c1-4-12-7-5-6-8-14(12)19-10-9-13(15(17)18)16-11(2)3/h11-14,16H,4-10H2,1-3H3,(H,17,18). The van der Waals surface area contributed by atoms with Crippen molar-refractivity contribution in [1.82, 2.24) is 5.32 Å². The fourth-order valence-electron chi connectivity index (χ4n) is 2.88. The van der Waals surface area contributed by atoms with Crippen molar-refractivity contribution in [3.05, 3.63) is 0 Å². The van der Waals surface area contributed by atoms with E-state index >= 15 is 0 Å². The smallest absolute Gasteiger partial charge is 0.320 e. The molecule has 3 unspecified atom stereocenters. The van der Waals surface area contributed by atoms with Crippen LogP contribution in [0.5, 0.6) is 0 Å². The van der Waals surface area contributed by atoms with E-state index in [9.17, 15) is 4.79 Å². The predicted molar refractivity (Wildman–Crippen MR) is 76.3 cm³/mol. The van der Waals surface area contributed by atoms with Gasteiger partial charge in [0.15, 0.2) is 0 Å². The highest BCUT2D eigenvalue weighted by Gasteiger charge is 2.25. The van der Waals surface area contributed by atoms with Gasteiger partial charge < -0.3 is 15.2 Å². The van der Waals surface area contributed by atoms with Gasteiger partial charge in [-0.2, -0.15) is 0 Å². The average molecular weight is 271 g/mol. The van der Waals surface area contributed by atoms with E-state index in [0.717, 1.165) is 12.8 Å². The van der Waals surface area contributed by atoms with E-state index in [1.807, 2.05) is 13.8 Å². The Bertz CT molecular complexity index is 268. The van der Waals surface area contributed by atoms with E-state index in [0.29, 0.717) is 25.0 Å². The second-order valence-electron chi connectivity index (χ2n) is 5.86. The van der Waals surface area contributed by atoms with Crippen molar-refractivity contribution in [3.8, 4) is 0 Å². The Labute approximate surface area is 116 Å². The zero-order chi connectivity index (χ0) is 14.3. The highest BCUT2D eigenvalue weighted by molar-refractivity contribution is 5.73. The van der Waals surface area contributed by atoms with Gasteiger partial charge in [-0.25, -0.2) is 0 Å². The molecule has 1 saturated carbocycles. The number of hydrogen-bond donors (Lipinski definition) is 2. The molecule has 4 nitrogen and oxygen atoms in total. The van der Waals surface area contributed by atoms with Crippen LogP contribution >= 0.6 is 0 Å². The molecule has 0 amide bonds. The molecular weight excluding hydrogens is 242 g/mol. The molecule has 0 aliphatic heterocycles. The maximum Gasteiger partial charge on any atom is 0.320 e. The molecule has 1 aliphatic rings. The lowest BCUT2D eigenvalue weighted by Gasteiger charge is -2.31. The molecule has 0 radical (unpaired) electrons. The molecule has 1 fully saturated rings. The second-order valence-corrected chi connectivity index (χ2v) is 5.86. The summed E-state index contributed by atoms with van der Waals surface area (Å²) in [4.78, 5) is 11.1. The molecule has 2 N–H and O–H groups in total. The third-order valence-electron chi connectivity index (χ3n) is 3.93. The Morgan fingerprint density at radius 3 is 2.63 bits per heavy atom. The van der Waals surface area contributed by atoms with Gasteiger partial charge in [0.05, 0.1) is 6.10 Å². The Morgan fingerprint density at radius 1 is 1.37 bits per heavy atom. The van der Waals surface area contributed by atoms with E-state index in [-0.39, 0.29) is 6.04 Å². The third-order valence-corrected chi connectivity index (χ3v) is 3.93. The van der Waals surface area contributed by atoms with Gasteiger partial charge in [0.1, 0.15) is 6.04 Å². The summed E-state index contributed by atoms with van der Waals surface area (Å²) in [5, 5.41) is 12.2. The molecule has 0 saturated heterocycles. The van der Waals surface area contributed by atoms with Crippen LogP contribution in [-0.4, -0.2) is 35.9 Å². The maximum atomic E-state index is 11.1. The van der Waals surface area contributed by atoms with E-state index in [1.165, 1.54) is 19.3 Å². The average Bonchev–Trinajstić information content (AvgIpc) is 2.37. The summed E-state index contributed by atoms with van der Waals surface area (Å²) in [6.45, 7) is 6.68. The lowest BCUT2D eigenvalue weighted by Crippen LogP contribution is -2.42. The van der Waals surface area contributed by atoms with Gasteiger partial charge in [0.2, 0.25) is 0 Å². The van der Waals surface area contributed by atoms with Gasteiger partial charge in [-0.15, -0.1) is 0 Å². The lowest BCUT2D eigenvalue weighted by molar-refractivity contribution is -0.140. The van der Waals surface area contributed by atoms with Crippen molar-refractivity contribution < 1.29 is 14.6 Å². The van der Waals surface area contributed by atoms with Crippen LogP contribution in [0.1, 0.15) is 59.3 Å². The SMILES string of the molecule is CCC1CCCCC1OCCC(NC(C)C)C(=O)O. The predicted octanol–water partition coefficient (Wildman–Crippen LogP) is 2.81. The minimum atomic E-state index is -0.784. The van der Waals surface area contributed by atoms with E-state index in [1.54, 1.807) is 0 Å². The fraction of sp³-hybridized carbons (Fsp3) is 0.933. The molecule has 1 aliphatic carbocycles. The van der Waals surface area contributed by atoms with Crippen molar-refractivity contribution >= 4 is 5.97 Å². The molecule has 4 heteroatoms. The number of ether oxygens (including phenoxy) is 1. The van der Waals surface area contributed by atoms with Gasteiger partial charge in [-0.05, 0) is 25.2 Å². The molecule has 112 valence electrons. The number of hydrogen-bond acceptors (Lipinski definition) is 3. The molecular formula is C15H29NO3. The van der Waals surface area contributed by atoms with Crippen molar-refractivity contribution in [2.45, 2.75) is 77.5 Å². The molecule has 3 atom stereocenters. The van der Waals surface area contributed by atoms with Gasteiger partial charge in [0, 0.05) is 12.6 Å². The topological polar surface area (TPSA) is 58.6 Å². The van der Waals surface area contributed by atoms with Gasteiger partial charge >= 0.3 is 5.97 Å². The minimum absolute atomic E-state index is 0.180. The van der Waals surface area contributed by atoms with Crippen molar-refractivity contribution in [2.75, 3.05) is 6.61 Å². The summed E-state index contributed by atoms with van der Waals surface area (Å²) in [7, 11) is 0. The first-order valence-electron chi connectivity index (χ1n) is 7.65. The Morgan fingerprint density at radius 2 is 2.05 bits per heavy atom. The first-order chi connectivity index (χ1) is 9.04. The van der Waals surface area contributed by atoms with E-state index < -0.39 is 12.0 Å². The molecule has 0 spiro atoms. The summed E-state index contributed by atoms with van der Waals surface area (Å²) in [6, 6.07) is -0.317. The fourth-order valence-corrected chi connectivity index (χ4v) is 2.88. The summed E-state index contributed by atoms with van der Waals surface area (Å²) in [5.41, 5.74) is 0. The third kappa shape index (κ3) is 5.91. The van der Waals surface area contributed by atoms with Crippen molar-refractivity contribution in [3.63, 3.8) is 0 Å². The van der Waals surface area contributed by atoms with Crippen LogP contribution in [0.25, 0.3) is 0 Å². The molecule has 0 aromatic rings. The van der Waals surface area contributed by atoms with Gasteiger partial charge in [-0.1, -0.05) is 40.0 Å².